The number of nitrogens with zero attached hydrogens (tertiary/aromatic N) is 4. The average Bonchev–Trinajstić information content (AvgIpc) is 3.45. The zero-order chi connectivity index (χ0) is 31.0. The monoisotopic (exact) mass is 591 g/mol. The van der Waals surface area contributed by atoms with E-state index < -0.39 is 17.6 Å². The third kappa shape index (κ3) is 9.32. The van der Waals surface area contributed by atoms with E-state index in [0.29, 0.717) is 19.3 Å². The van der Waals surface area contributed by atoms with Crippen molar-refractivity contribution in [2.75, 3.05) is 41.8 Å². The van der Waals surface area contributed by atoms with Crippen LogP contribution in [0.4, 0.5) is 0 Å². The molecule has 3 rings (SSSR count). The van der Waals surface area contributed by atoms with E-state index in [1.165, 1.54) is 5.01 Å². The highest BCUT2D eigenvalue weighted by Crippen LogP contribution is 2.21. The standard InChI is InChI=1S/C33H45N5O3S/c1-33(2,34)18-10-14-27(39)23-36(5)29(21-24-16-17-25-12-8-9-13-26(25)20-24)31(40)37(6)30(22-28-15-11-19-42-28)32(41)38(7)35(3)4/h8-17,19-20,29-30H,18,21-23,34H2,1-7H3/b14-10+/t29-,30-/m1/s1. The molecule has 1 heterocycles. The summed E-state index contributed by atoms with van der Waals surface area (Å²) >= 11 is 1.56. The summed E-state index contributed by atoms with van der Waals surface area (Å²) in [5.74, 6) is -0.508. The summed E-state index contributed by atoms with van der Waals surface area (Å²) < 4.78 is 0. The number of ketones is 1. The van der Waals surface area contributed by atoms with E-state index in [1.54, 1.807) is 73.5 Å². The molecule has 2 aromatic carbocycles. The van der Waals surface area contributed by atoms with Gasteiger partial charge in [0.1, 0.15) is 6.04 Å². The molecule has 0 saturated carbocycles. The van der Waals surface area contributed by atoms with E-state index >= 15 is 0 Å². The Labute approximate surface area is 254 Å². The Morgan fingerprint density at radius 3 is 2.19 bits per heavy atom. The van der Waals surface area contributed by atoms with Crippen LogP contribution in [0.5, 0.6) is 0 Å². The Bertz CT molecular complexity index is 1380. The number of hydrazine groups is 1. The minimum Gasteiger partial charge on any atom is -0.332 e. The van der Waals surface area contributed by atoms with Crippen molar-refractivity contribution in [3.8, 4) is 0 Å². The first kappa shape index (κ1) is 33.1. The van der Waals surface area contributed by atoms with Gasteiger partial charge in [0.2, 0.25) is 5.91 Å². The molecule has 226 valence electrons. The molecule has 0 unspecified atom stereocenters. The van der Waals surface area contributed by atoms with Gasteiger partial charge in [-0.15, -0.1) is 11.3 Å². The van der Waals surface area contributed by atoms with E-state index in [2.05, 4.69) is 12.1 Å². The van der Waals surface area contributed by atoms with Crippen LogP contribution in [-0.2, 0) is 27.2 Å². The highest BCUT2D eigenvalue weighted by Gasteiger charge is 2.35. The van der Waals surface area contributed by atoms with Crippen molar-refractivity contribution in [3.05, 3.63) is 82.6 Å². The largest absolute Gasteiger partial charge is 0.332 e. The first-order valence-electron chi connectivity index (χ1n) is 14.2. The first-order valence-corrected chi connectivity index (χ1v) is 15.0. The maximum absolute atomic E-state index is 14.3. The van der Waals surface area contributed by atoms with Crippen molar-refractivity contribution in [1.82, 2.24) is 19.8 Å². The summed E-state index contributed by atoms with van der Waals surface area (Å²) in [6, 6.07) is 16.8. The van der Waals surface area contributed by atoms with E-state index in [0.717, 1.165) is 21.2 Å². The fraction of sp³-hybridized carbons (Fsp3) is 0.424. The molecule has 0 spiro atoms. The third-order valence-corrected chi connectivity index (χ3v) is 8.31. The minimum atomic E-state index is -0.710. The van der Waals surface area contributed by atoms with Gasteiger partial charge in [-0.3, -0.25) is 24.3 Å². The molecule has 0 saturated heterocycles. The van der Waals surface area contributed by atoms with Gasteiger partial charge in [0, 0.05) is 45.0 Å². The van der Waals surface area contributed by atoms with Gasteiger partial charge in [-0.05, 0) is 67.6 Å². The summed E-state index contributed by atoms with van der Waals surface area (Å²) in [5, 5.41) is 7.39. The van der Waals surface area contributed by atoms with E-state index in [-0.39, 0.29) is 24.1 Å². The van der Waals surface area contributed by atoms with E-state index in [4.69, 9.17) is 5.73 Å². The molecule has 0 bridgehead atoms. The summed E-state index contributed by atoms with van der Waals surface area (Å²) in [4.78, 5) is 45.2. The zero-order valence-electron chi connectivity index (χ0n) is 25.9. The van der Waals surface area contributed by atoms with Crippen LogP contribution in [0.2, 0.25) is 0 Å². The van der Waals surface area contributed by atoms with Gasteiger partial charge in [0.15, 0.2) is 5.78 Å². The van der Waals surface area contributed by atoms with Gasteiger partial charge in [-0.1, -0.05) is 54.6 Å². The predicted octanol–water partition coefficient (Wildman–Crippen LogP) is 4.00. The van der Waals surface area contributed by atoms with Crippen LogP contribution in [0, 0.1) is 0 Å². The number of fused-ring (bicyclic) bond motifs is 1. The molecule has 0 radical (unpaired) electrons. The van der Waals surface area contributed by atoms with Gasteiger partial charge in [-0.25, -0.2) is 5.01 Å². The quantitative estimate of drug-likeness (QED) is 0.225. The van der Waals surface area contributed by atoms with E-state index in [1.807, 2.05) is 61.7 Å². The number of rotatable bonds is 14. The van der Waals surface area contributed by atoms with Crippen LogP contribution in [-0.4, -0.2) is 96.8 Å². The maximum Gasteiger partial charge on any atom is 0.259 e. The fourth-order valence-corrected chi connectivity index (χ4v) is 5.48. The smallest absolute Gasteiger partial charge is 0.259 e. The van der Waals surface area contributed by atoms with Crippen LogP contribution >= 0.6 is 11.3 Å². The van der Waals surface area contributed by atoms with Gasteiger partial charge in [-0.2, -0.15) is 0 Å². The molecule has 9 heteroatoms. The number of hydrogen-bond donors (Lipinski definition) is 1. The topological polar surface area (TPSA) is 90.2 Å². The normalized spacial score (nSPS) is 13.6. The predicted molar refractivity (Wildman–Crippen MR) is 172 cm³/mol. The molecule has 2 N–H and O–H groups in total. The fourth-order valence-electron chi connectivity index (χ4n) is 4.73. The summed E-state index contributed by atoms with van der Waals surface area (Å²) in [6.07, 6.45) is 4.69. The van der Waals surface area contributed by atoms with Crippen molar-refractivity contribution >= 4 is 39.7 Å². The summed E-state index contributed by atoms with van der Waals surface area (Å²) in [5.41, 5.74) is 6.62. The molecular formula is C33H45N5O3S. The Balaban J connectivity index is 1.92. The second kappa shape index (κ2) is 14.7. The summed E-state index contributed by atoms with van der Waals surface area (Å²) in [7, 11) is 8.77. The molecule has 2 amide bonds. The highest BCUT2D eigenvalue weighted by molar-refractivity contribution is 7.09. The lowest BCUT2D eigenvalue weighted by molar-refractivity contribution is -0.154. The lowest BCUT2D eigenvalue weighted by Gasteiger charge is -2.36. The van der Waals surface area contributed by atoms with Crippen LogP contribution in [0.3, 0.4) is 0 Å². The molecule has 0 aliphatic heterocycles. The Hall–Kier alpha value is -3.37. The number of carbonyl (C=O) groups excluding carboxylic acids is 3. The Morgan fingerprint density at radius 2 is 1.57 bits per heavy atom. The van der Waals surface area contributed by atoms with Gasteiger partial charge in [0.25, 0.3) is 5.91 Å². The lowest BCUT2D eigenvalue weighted by Crippen LogP contribution is -2.57. The zero-order valence-corrected chi connectivity index (χ0v) is 26.7. The van der Waals surface area contributed by atoms with Crippen molar-refractivity contribution < 1.29 is 14.4 Å². The first-order chi connectivity index (χ1) is 19.8. The third-order valence-electron chi connectivity index (χ3n) is 7.41. The minimum absolute atomic E-state index is 0.0560. The van der Waals surface area contributed by atoms with Gasteiger partial charge >= 0.3 is 0 Å². The number of benzene rings is 2. The molecule has 42 heavy (non-hydrogen) atoms. The number of thiophene rings is 1. The van der Waals surface area contributed by atoms with Gasteiger partial charge < -0.3 is 10.6 Å². The van der Waals surface area contributed by atoms with Crippen LogP contribution in [0.25, 0.3) is 10.8 Å². The second-order valence-corrected chi connectivity index (χ2v) is 12.9. The van der Waals surface area contributed by atoms with Crippen molar-refractivity contribution in [2.24, 2.45) is 5.73 Å². The Morgan fingerprint density at radius 1 is 0.881 bits per heavy atom. The number of amides is 2. The second-order valence-electron chi connectivity index (χ2n) is 11.8. The number of nitrogens with two attached hydrogens (primary N) is 1. The van der Waals surface area contributed by atoms with Crippen LogP contribution in [0.15, 0.2) is 72.1 Å². The van der Waals surface area contributed by atoms with Crippen molar-refractivity contribution in [3.63, 3.8) is 0 Å². The van der Waals surface area contributed by atoms with Gasteiger partial charge in [0.05, 0.1) is 12.6 Å². The average molecular weight is 592 g/mol. The molecule has 0 aliphatic rings. The lowest BCUT2D eigenvalue weighted by atomic mass is 9.99. The summed E-state index contributed by atoms with van der Waals surface area (Å²) in [6.45, 7) is 3.87. The maximum atomic E-state index is 14.3. The van der Waals surface area contributed by atoms with Crippen LogP contribution < -0.4 is 5.73 Å². The molecular weight excluding hydrogens is 546 g/mol. The van der Waals surface area contributed by atoms with E-state index in [9.17, 15) is 14.4 Å². The SMILES string of the molecule is CN(CC(=O)/C=C/CC(C)(C)N)[C@H](Cc1ccc2ccccc2c1)C(=O)N(C)[C@H](Cc1cccs1)C(=O)N(C)N(C)C. The van der Waals surface area contributed by atoms with Crippen molar-refractivity contribution in [2.45, 2.75) is 50.7 Å². The van der Waals surface area contributed by atoms with Crippen molar-refractivity contribution in [1.29, 1.82) is 0 Å². The molecule has 0 aliphatic carbocycles. The molecule has 8 nitrogen and oxygen atoms in total. The number of carbonyl (C=O) groups is 3. The highest BCUT2D eigenvalue weighted by atomic mass is 32.1. The van der Waals surface area contributed by atoms with Crippen LogP contribution in [0.1, 0.15) is 30.7 Å². The number of likely N-dealkylation sites (N-methyl/N-ethyl adjacent to an activating group) is 3. The Kier molecular flexibility index (Phi) is 11.6. The molecule has 0 fully saturated rings. The molecule has 2 atom stereocenters. The number of hydrogen-bond acceptors (Lipinski definition) is 7. The molecule has 1 aromatic heterocycles. The molecule has 3 aromatic rings.